The van der Waals surface area contributed by atoms with Crippen molar-refractivity contribution in [2.45, 2.75) is 26.8 Å². The van der Waals surface area contributed by atoms with Crippen molar-refractivity contribution >= 4 is 11.3 Å². The molecule has 0 radical (unpaired) electrons. The largest absolute Gasteiger partial charge is 0.312 e. The molecule has 0 atom stereocenters. The fourth-order valence-electron chi connectivity index (χ4n) is 3.39. The van der Waals surface area contributed by atoms with Gasteiger partial charge >= 0.3 is 0 Å². The number of hydrogen-bond acceptors (Lipinski definition) is 4. The molecule has 4 aromatic rings. The van der Waals surface area contributed by atoms with Gasteiger partial charge in [-0.25, -0.2) is 9.07 Å². The molecule has 0 unspecified atom stereocenters. The number of hydrogen-bond donors (Lipinski definition) is 1. The fraction of sp³-hybridized carbons (Fsp3) is 0.217. The molecule has 1 N–H and O–H groups in total. The number of aryl methyl sites for hydroxylation is 2. The lowest BCUT2D eigenvalue weighted by Gasteiger charge is -2.05. The summed E-state index contributed by atoms with van der Waals surface area (Å²) < 4.78 is 16.0. The number of para-hydroxylation sites is 1. The Morgan fingerprint density at radius 1 is 1.14 bits per heavy atom. The van der Waals surface area contributed by atoms with Crippen LogP contribution < -0.4 is 5.32 Å². The molecule has 29 heavy (non-hydrogen) atoms. The molecular formula is C23H23FN4S. The van der Waals surface area contributed by atoms with Crippen LogP contribution in [0.4, 0.5) is 4.39 Å². The van der Waals surface area contributed by atoms with Gasteiger partial charge in [0, 0.05) is 46.0 Å². The SMILES string of the molecule is Cc1cc(-c2nn(-c3ccccc3F)cc2CNCCc2cccnc2)c(C)s1. The van der Waals surface area contributed by atoms with Gasteiger partial charge in [0.05, 0.1) is 5.69 Å². The highest BCUT2D eigenvalue weighted by atomic mass is 32.1. The quantitative estimate of drug-likeness (QED) is 0.435. The molecule has 0 saturated carbocycles. The molecule has 4 nitrogen and oxygen atoms in total. The van der Waals surface area contributed by atoms with Crippen molar-refractivity contribution in [1.29, 1.82) is 0 Å². The summed E-state index contributed by atoms with van der Waals surface area (Å²) in [6.45, 7) is 5.70. The van der Waals surface area contributed by atoms with Crippen LogP contribution in [0.2, 0.25) is 0 Å². The van der Waals surface area contributed by atoms with Gasteiger partial charge in [0.15, 0.2) is 0 Å². The average Bonchev–Trinajstić information content (AvgIpc) is 3.28. The highest BCUT2D eigenvalue weighted by Crippen LogP contribution is 2.32. The number of rotatable bonds is 7. The third-order valence-electron chi connectivity index (χ3n) is 4.81. The maximum absolute atomic E-state index is 14.3. The van der Waals surface area contributed by atoms with E-state index in [0.717, 1.165) is 29.8 Å². The van der Waals surface area contributed by atoms with Crippen molar-refractivity contribution in [1.82, 2.24) is 20.1 Å². The van der Waals surface area contributed by atoms with Gasteiger partial charge < -0.3 is 5.32 Å². The van der Waals surface area contributed by atoms with Gasteiger partial charge in [-0.3, -0.25) is 4.98 Å². The Balaban J connectivity index is 1.59. The minimum Gasteiger partial charge on any atom is -0.312 e. The number of nitrogens with one attached hydrogen (secondary N) is 1. The van der Waals surface area contributed by atoms with Crippen LogP contribution in [0.25, 0.3) is 16.9 Å². The van der Waals surface area contributed by atoms with Crippen LogP contribution in [0.15, 0.2) is 61.1 Å². The molecule has 6 heteroatoms. The van der Waals surface area contributed by atoms with E-state index in [1.165, 1.54) is 21.4 Å². The maximum Gasteiger partial charge on any atom is 0.148 e. The Labute approximate surface area is 174 Å². The van der Waals surface area contributed by atoms with E-state index in [9.17, 15) is 4.39 Å². The second-order valence-electron chi connectivity index (χ2n) is 7.01. The standard InChI is InChI=1S/C23H23FN4S/c1-16-12-20(17(2)29-16)23-19(14-26-11-9-18-6-5-10-25-13-18)15-28(27-23)22-8-4-3-7-21(22)24/h3-8,10,12-13,15,26H,9,11,14H2,1-2H3. The topological polar surface area (TPSA) is 42.7 Å². The highest BCUT2D eigenvalue weighted by Gasteiger charge is 2.17. The Bertz CT molecular complexity index is 1100. The van der Waals surface area contributed by atoms with Gasteiger partial charge in [-0.05, 0) is 56.6 Å². The van der Waals surface area contributed by atoms with Crippen LogP contribution >= 0.6 is 11.3 Å². The molecule has 148 valence electrons. The van der Waals surface area contributed by atoms with E-state index in [0.29, 0.717) is 12.2 Å². The third-order valence-corrected chi connectivity index (χ3v) is 5.78. The summed E-state index contributed by atoms with van der Waals surface area (Å²) >= 11 is 1.76. The van der Waals surface area contributed by atoms with Crippen LogP contribution in [-0.2, 0) is 13.0 Å². The molecule has 0 fully saturated rings. The second kappa shape index (κ2) is 8.68. The molecule has 0 aliphatic heterocycles. The Hall–Kier alpha value is -2.83. The molecule has 0 amide bonds. The number of benzene rings is 1. The van der Waals surface area contributed by atoms with Crippen LogP contribution in [0, 0.1) is 19.7 Å². The van der Waals surface area contributed by atoms with Crippen LogP contribution in [-0.4, -0.2) is 21.3 Å². The van der Waals surface area contributed by atoms with E-state index in [4.69, 9.17) is 5.10 Å². The molecule has 0 aliphatic carbocycles. The lowest BCUT2D eigenvalue weighted by atomic mass is 10.1. The van der Waals surface area contributed by atoms with Crippen molar-refractivity contribution in [2.75, 3.05) is 6.54 Å². The smallest absolute Gasteiger partial charge is 0.148 e. The molecule has 0 spiro atoms. The van der Waals surface area contributed by atoms with Crippen molar-refractivity contribution in [2.24, 2.45) is 0 Å². The third kappa shape index (κ3) is 4.44. The maximum atomic E-state index is 14.3. The number of halogens is 1. The van der Waals surface area contributed by atoms with Crippen LogP contribution in [0.1, 0.15) is 20.9 Å². The zero-order chi connectivity index (χ0) is 20.2. The first-order valence-corrected chi connectivity index (χ1v) is 10.4. The first-order valence-electron chi connectivity index (χ1n) is 9.62. The van der Waals surface area contributed by atoms with Crippen molar-refractivity contribution in [3.05, 3.63) is 87.8 Å². The number of nitrogens with zero attached hydrogens (tertiary/aromatic N) is 3. The Kier molecular flexibility index (Phi) is 5.83. The van der Waals surface area contributed by atoms with Crippen molar-refractivity contribution in [3.63, 3.8) is 0 Å². The molecule has 3 aromatic heterocycles. The molecule has 0 bridgehead atoms. The van der Waals surface area contributed by atoms with Gasteiger partial charge in [-0.1, -0.05) is 18.2 Å². The van der Waals surface area contributed by atoms with Gasteiger partial charge in [0.1, 0.15) is 11.5 Å². The van der Waals surface area contributed by atoms with Gasteiger partial charge in [-0.15, -0.1) is 11.3 Å². The van der Waals surface area contributed by atoms with Gasteiger partial charge in [-0.2, -0.15) is 5.10 Å². The predicted molar refractivity (Wildman–Crippen MR) is 116 cm³/mol. The average molecular weight is 407 g/mol. The van der Waals surface area contributed by atoms with Crippen LogP contribution in [0.5, 0.6) is 0 Å². The number of pyridine rings is 1. The molecule has 1 aromatic carbocycles. The van der Waals surface area contributed by atoms with E-state index in [-0.39, 0.29) is 5.82 Å². The normalized spacial score (nSPS) is 11.1. The molecule has 0 saturated heterocycles. The lowest BCUT2D eigenvalue weighted by Crippen LogP contribution is -2.16. The van der Waals surface area contributed by atoms with E-state index in [2.05, 4.69) is 36.3 Å². The van der Waals surface area contributed by atoms with E-state index < -0.39 is 0 Å². The van der Waals surface area contributed by atoms with Gasteiger partial charge in [0.2, 0.25) is 0 Å². The van der Waals surface area contributed by atoms with Crippen LogP contribution in [0.3, 0.4) is 0 Å². The Morgan fingerprint density at radius 2 is 2.00 bits per heavy atom. The van der Waals surface area contributed by atoms with E-state index in [1.54, 1.807) is 34.3 Å². The highest BCUT2D eigenvalue weighted by molar-refractivity contribution is 7.12. The summed E-state index contributed by atoms with van der Waals surface area (Å²) in [5.41, 5.74) is 4.74. The number of aromatic nitrogens is 3. The summed E-state index contributed by atoms with van der Waals surface area (Å²) in [6.07, 6.45) is 6.50. The molecular weight excluding hydrogens is 383 g/mol. The minimum absolute atomic E-state index is 0.282. The second-order valence-corrected chi connectivity index (χ2v) is 8.47. The lowest BCUT2D eigenvalue weighted by molar-refractivity contribution is 0.611. The monoisotopic (exact) mass is 406 g/mol. The summed E-state index contributed by atoms with van der Waals surface area (Å²) in [4.78, 5) is 6.62. The minimum atomic E-state index is -0.282. The van der Waals surface area contributed by atoms with Crippen molar-refractivity contribution in [3.8, 4) is 16.9 Å². The summed E-state index contributed by atoms with van der Waals surface area (Å²) in [6, 6.07) is 12.9. The molecule has 4 rings (SSSR count). The number of thiophene rings is 1. The Morgan fingerprint density at radius 3 is 2.72 bits per heavy atom. The molecule has 3 heterocycles. The fourth-order valence-corrected chi connectivity index (χ4v) is 4.32. The molecule has 0 aliphatic rings. The predicted octanol–water partition coefficient (Wildman–Crippen LogP) is 5.08. The summed E-state index contributed by atoms with van der Waals surface area (Å²) in [7, 11) is 0. The zero-order valence-corrected chi connectivity index (χ0v) is 17.3. The first kappa shape index (κ1) is 19.5. The first-order chi connectivity index (χ1) is 14.1. The van der Waals surface area contributed by atoms with Crippen molar-refractivity contribution < 1.29 is 4.39 Å². The van der Waals surface area contributed by atoms with Gasteiger partial charge in [0.25, 0.3) is 0 Å². The zero-order valence-electron chi connectivity index (χ0n) is 16.5. The van der Waals surface area contributed by atoms with E-state index in [1.807, 2.05) is 24.5 Å². The summed E-state index contributed by atoms with van der Waals surface area (Å²) in [5, 5.41) is 8.25. The van der Waals surface area contributed by atoms with E-state index >= 15 is 0 Å². The summed E-state index contributed by atoms with van der Waals surface area (Å²) in [5.74, 6) is -0.282.